The molecule has 1 heterocycles. The molecule has 2 atom stereocenters. The lowest BCUT2D eigenvalue weighted by atomic mass is 9.62. The normalized spacial score (nSPS) is 41.7. The Morgan fingerprint density at radius 1 is 1.45 bits per heavy atom. The number of fused-ring (bicyclic) bond motifs is 1. The van der Waals surface area contributed by atoms with Crippen LogP contribution in [0.4, 0.5) is 0 Å². The summed E-state index contributed by atoms with van der Waals surface area (Å²) in [6.07, 6.45) is 6.34. The van der Waals surface area contributed by atoms with Crippen LogP contribution in [0.25, 0.3) is 0 Å². The number of hydrogen-bond donors (Lipinski definition) is 2. The van der Waals surface area contributed by atoms with Gasteiger partial charge in [-0.15, -0.1) is 0 Å². The van der Waals surface area contributed by atoms with Crippen LogP contribution in [0.15, 0.2) is 0 Å². The summed E-state index contributed by atoms with van der Waals surface area (Å²) in [6, 6.07) is 0.800. The van der Waals surface area contributed by atoms with E-state index >= 15 is 0 Å². The van der Waals surface area contributed by atoms with Gasteiger partial charge in [0.05, 0.1) is 0 Å². The zero-order valence-corrected chi connectivity index (χ0v) is 6.97. The Morgan fingerprint density at radius 2 is 2.36 bits per heavy atom. The average Bonchev–Trinajstić information content (AvgIpc) is 2.26. The van der Waals surface area contributed by atoms with E-state index in [1.807, 2.05) is 0 Å². The first kappa shape index (κ1) is 7.56. The predicted octanol–water partition coefficient (Wildman–Crippen LogP) is 0.901. The third kappa shape index (κ3) is 1.09. The molecule has 0 amide bonds. The minimum atomic E-state index is 0.370. The lowest BCUT2D eigenvalue weighted by Crippen LogP contribution is -2.46. The lowest BCUT2D eigenvalue weighted by Gasteiger charge is -2.44. The van der Waals surface area contributed by atoms with E-state index < -0.39 is 0 Å². The first-order valence-electron chi connectivity index (χ1n) is 4.72. The van der Waals surface area contributed by atoms with Crippen LogP contribution in [0.1, 0.15) is 32.1 Å². The minimum absolute atomic E-state index is 0.370. The third-order valence-corrected chi connectivity index (χ3v) is 3.52. The van der Waals surface area contributed by atoms with Crippen molar-refractivity contribution in [3.8, 4) is 0 Å². The summed E-state index contributed by atoms with van der Waals surface area (Å²) in [5, 5.41) is 12.3. The van der Waals surface area contributed by atoms with Gasteiger partial charge in [-0.1, -0.05) is 0 Å². The fourth-order valence-electron chi connectivity index (χ4n) is 2.67. The van der Waals surface area contributed by atoms with Crippen molar-refractivity contribution >= 4 is 0 Å². The van der Waals surface area contributed by atoms with E-state index in [-0.39, 0.29) is 0 Å². The van der Waals surface area contributed by atoms with Crippen molar-refractivity contribution in [2.45, 2.75) is 38.1 Å². The van der Waals surface area contributed by atoms with Crippen LogP contribution in [0.5, 0.6) is 0 Å². The average molecular weight is 155 g/mol. The zero-order valence-electron chi connectivity index (χ0n) is 6.97. The van der Waals surface area contributed by atoms with Crippen LogP contribution in [-0.2, 0) is 0 Å². The number of aliphatic hydroxyl groups excluding tert-OH is 1. The van der Waals surface area contributed by atoms with E-state index in [1.165, 1.54) is 32.2 Å². The summed E-state index contributed by atoms with van der Waals surface area (Å²) < 4.78 is 0. The van der Waals surface area contributed by atoms with Crippen molar-refractivity contribution in [2.24, 2.45) is 5.41 Å². The van der Waals surface area contributed by atoms with Crippen LogP contribution in [0.2, 0.25) is 0 Å². The van der Waals surface area contributed by atoms with Gasteiger partial charge in [0, 0.05) is 12.6 Å². The molecule has 0 aromatic carbocycles. The highest BCUT2D eigenvalue weighted by molar-refractivity contribution is 5.04. The van der Waals surface area contributed by atoms with E-state index in [1.54, 1.807) is 0 Å². The molecule has 2 fully saturated rings. The first-order chi connectivity index (χ1) is 5.37. The molecule has 2 nitrogen and oxygen atoms in total. The van der Waals surface area contributed by atoms with Crippen molar-refractivity contribution in [1.29, 1.82) is 0 Å². The van der Waals surface area contributed by atoms with Gasteiger partial charge in [-0.25, -0.2) is 0 Å². The molecule has 11 heavy (non-hydrogen) atoms. The summed E-state index contributed by atoms with van der Waals surface area (Å²) in [5.41, 5.74) is 0.614. The second-order valence-electron chi connectivity index (χ2n) is 3.98. The molecule has 0 radical (unpaired) electrons. The SMILES string of the molecule is OCCCC12CCNC1CC2. The smallest absolute Gasteiger partial charge is 0.0431 e. The van der Waals surface area contributed by atoms with Gasteiger partial charge in [-0.2, -0.15) is 0 Å². The van der Waals surface area contributed by atoms with Gasteiger partial charge in [-0.05, 0) is 44.1 Å². The molecule has 1 aliphatic carbocycles. The molecular formula is C9H17NO. The van der Waals surface area contributed by atoms with Gasteiger partial charge in [0.1, 0.15) is 0 Å². The maximum Gasteiger partial charge on any atom is 0.0431 e. The Hall–Kier alpha value is -0.0800. The Morgan fingerprint density at radius 3 is 2.91 bits per heavy atom. The van der Waals surface area contributed by atoms with Crippen LogP contribution in [0.3, 0.4) is 0 Å². The van der Waals surface area contributed by atoms with Crippen molar-refractivity contribution in [3.05, 3.63) is 0 Å². The van der Waals surface area contributed by atoms with Gasteiger partial charge in [0.15, 0.2) is 0 Å². The highest BCUT2D eigenvalue weighted by Gasteiger charge is 2.48. The Kier molecular flexibility index (Phi) is 1.90. The maximum absolute atomic E-state index is 8.73. The van der Waals surface area contributed by atoms with Crippen molar-refractivity contribution in [1.82, 2.24) is 5.32 Å². The summed E-state index contributed by atoms with van der Waals surface area (Å²) in [5.74, 6) is 0. The number of aliphatic hydroxyl groups is 1. The monoisotopic (exact) mass is 155 g/mol. The molecule has 1 saturated heterocycles. The van der Waals surface area contributed by atoms with Crippen LogP contribution in [0, 0.1) is 5.41 Å². The molecule has 2 heteroatoms. The molecule has 2 rings (SSSR count). The van der Waals surface area contributed by atoms with Crippen molar-refractivity contribution in [3.63, 3.8) is 0 Å². The van der Waals surface area contributed by atoms with E-state index in [0.29, 0.717) is 12.0 Å². The molecule has 0 aromatic rings. The quantitative estimate of drug-likeness (QED) is 0.634. The molecule has 64 valence electrons. The largest absolute Gasteiger partial charge is 0.396 e. The van der Waals surface area contributed by atoms with Gasteiger partial charge < -0.3 is 10.4 Å². The van der Waals surface area contributed by atoms with E-state index in [2.05, 4.69) is 5.32 Å². The Bertz CT molecular complexity index is 148. The van der Waals surface area contributed by atoms with Crippen LogP contribution < -0.4 is 5.32 Å². The molecule has 0 spiro atoms. The predicted molar refractivity (Wildman–Crippen MR) is 44.4 cm³/mol. The number of rotatable bonds is 3. The molecular weight excluding hydrogens is 138 g/mol. The van der Waals surface area contributed by atoms with E-state index in [9.17, 15) is 0 Å². The van der Waals surface area contributed by atoms with Gasteiger partial charge in [0.25, 0.3) is 0 Å². The third-order valence-electron chi connectivity index (χ3n) is 3.52. The zero-order chi connectivity index (χ0) is 7.73. The van der Waals surface area contributed by atoms with E-state index in [0.717, 1.165) is 12.5 Å². The molecule has 1 saturated carbocycles. The fourth-order valence-corrected chi connectivity index (χ4v) is 2.67. The second-order valence-corrected chi connectivity index (χ2v) is 3.98. The van der Waals surface area contributed by atoms with Crippen LogP contribution in [-0.4, -0.2) is 24.3 Å². The van der Waals surface area contributed by atoms with Gasteiger partial charge in [0.2, 0.25) is 0 Å². The number of nitrogens with one attached hydrogen (secondary N) is 1. The lowest BCUT2D eigenvalue weighted by molar-refractivity contribution is 0.0893. The van der Waals surface area contributed by atoms with Crippen LogP contribution >= 0.6 is 0 Å². The second kappa shape index (κ2) is 2.76. The van der Waals surface area contributed by atoms with Crippen molar-refractivity contribution < 1.29 is 5.11 Å². The maximum atomic E-state index is 8.73. The molecule has 0 aromatic heterocycles. The summed E-state index contributed by atoms with van der Waals surface area (Å²) in [4.78, 5) is 0. The fraction of sp³-hybridized carbons (Fsp3) is 1.00. The molecule has 2 N–H and O–H groups in total. The summed E-state index contributed by atoms with van der Waals surface area (Å²) in [6.45, 7) is 1.57. The molecule has 2 unspecified atom stereocenters. The molecule has 0 bridgehead atoms. The first-order valence-corrected chi connectivity index (χ1v) is 4.72. The highest BCUT2D eigenvalue weighted by Crippen LogP contribution is 2.50. The van der Waals surface area contributed by atoms with Crippen molar-refractivity contribution in [2.75, 3.05) is 13.2 Å². The summed E-state index contributed by atoms with van der Waals surface area (Å²) in [7, 11) is 0. The van der Waals surface area contributed by atoms with E-state index in [4.69, 9.17) is 5.11 Å². The van der Waals surface area contributed by atoms with Gasteiger partial charge in [-0.3, -0.25) is 0 Å². The number of hydrogen-bond acceptors (Lipinski definition) is 2. The highest BCUT2D eigenvalue weighted by atomic mass is 16.2. The standard InChI is InChI=1S/C9H17NO/c11-7-1-3-9-4-2-8(9)10-6-5-9/h8,10-11H,1-7H2. The minimum Gasteiger partial charge on any atom is -0.396 e. The summed E-state index contributed by atoms with van der Waals surface area (Å²) >= 11 is 0. The Balaban J connectivity index is 1.88. The molecule has 2 aliphatic rings. The topological polar surface area (TPSA) is 32.3 Å². The van der Waals surface area contributed by atoms with Gasteiger partial charge >= 0.3 is 0 Å². The Labute approximate surface area is 68.0 Å². The molecule has 1 aliphatic heterocycles.